The number of aromatic amines is 1. The zero-order valence-corrected chi connectivity index (χ0v) is 18.4. The fraction of sp³-hybridized carbons (Fsp3) is 0.115. The Labute approximate surface area is 194 Å². The number of nitrogens with one attached hydrogen (secondary N) is 1. The van der Waals surface area contributed by atoms with Crippen LogP contribution in [0.25, 0.3) is 22.0 Å². The molecule has 4 aromatic rings. The third-order valence-corrected chi connectivity index (χ3v) is 6.09. The fourth-order valence-electron chi connectivity index (χ4n) is 4.37. The van der Waals surface area contributed by atoms with Crippen LogP contribution < -0.4 is 5.56 Å². The molecule has 0 bridgehead atoms. The molecule has 0 saturated carbocycles. The smallest absolute Gasteiger partial charge is 0.258 e. The van der Waals surface area contributed by atoms with E-state index in [4.69, 9.17) is 11.6 Å². The average Bonchev–Trinajstić information content (AvgIpc) is 3.24. The fourth-order valence-corrected chi connectivity index (χ4v) is 4.50. The lowest BCUT2D eigenvalue weighted by atomic mass is 9.91. The van der Waals surface area contributed by atoms with Gasteiger partial charge in [-0.15, -0.1) is 0 Å². The number of pyridine rings is 1. The van der Waals surface area contributed by atoms with E-state index in [2.05, 4.69) is 10.1 Å². The maximum Gasteiger partial charge on any atom is 0.258 e. The second kappa shape index (κ2) is 8.30. The van der Waals surface area contributed by atoms with Crippen LogP contribution in [0.1, 0.15) is 30.5 Å². The molecule has 0 radical (unpaired) electrons. The summed E-state index contributed by atoms with van der Waals surface area (Å²) < 4.78 is 14.6. The van der Waals surface area contributed by atoms with Crippen molar-refractivity contribution in [2.45, 2.75) is 19.4 Å². The van der Waals surface area contributed by atoms with E-state index in [0.717, 1.165) is 10.9 Å². The number of carbonyl (C=O) groups excluding carboxylic acids is 1. The number of para-hydroxylation sites is 1. The highest BCUT2D eigenvalue weighted by Gasteiger charge is 2.35. The minimum absolute atomic E-state index is 0.211. The number of nitrogens with zero attached hydrogens (tertiary/aromatic N) is 2. The van der Waals surface area contributed by atoms with Gasteiger partial charge in [0.1, 0.15) is 5.82 Å². The van der Waals surface area contributed by atoms with Crippen molar-refractivity contribution in [3.63, 3.8) is 0 Å². The lowest BCUT2D eigenvalue weighted by Gasteiger charge is -2.20. The van der Waals surface area contributed by atoms with Crippen LogP contribution in [-0.4, -0.2) is 21.6 Å². The summed E-state index contributed by atoms with van der Waals surface area (Å²) in [5, 5.41) is 7.19. The van der Waals surface area contributed by atoms with Gasteiger partial charge in [0.25, 0.3) is 5.56 Å². The summed E-state index contributed by atoms with van der Waals surface area (Å²) in [6.07, 6.45) is 0.211. The second-order valence-corrected chi connectivity index (χ2v) is 8.34. The number of amides is 1. The monoisotopic (exact) mass is 459 g/mol. The minimum Gasteiger partial charge on any atom is -0.321 e. The molecule has 33 heavy (non-hydrogen) atoms. The van der Waals surface area contributed by atoms with Gasteiger partial charge < -0.3 is 4.98 Å². The Morgan fingerprint density at radius 2 is 1.73 bits per heavy atom. The molecule has 0 unspecified atom stereocenters. The molecule has 0 aliphatic carbocycles. The molecule has 0 fully saturated rings. The van der Waals surface area contributed by atoms with Crippen LogP contribution in [0.2, 0.25) is 5.02 Å². The number of hydrazone groups is 1. The van der Waals surface area contributed by atoms with Crippen LogP contribution in [0.4, 0.5) is 4.39 Å². The normalized spacial score (nSPS) is 15.7. The molecular weight excluding hydrogens is 441 g/mol. The summed E-state index contributed by atoms with van der Waals surface area (Å²) in [5.74, 6) is -0.751. The summed E-state index contributed by atoms with van der Waals surface area (Å²) in [5.41, 5.74) is 3.00. The third kappa shape index (κ3) is 3.72. The van der Waals surface area contributed by atoms with E-state index in [-0.39, 0.29) is 17.9 Å². The zero-order valence-electron chi connectivity index (χ0n) is 17.7. The molecule has 7 heteroatoms. The standard InChI is InChI=1S/C26H19ClFN3O2/c1-15(32)31-23(18-6-2-4-8-20(18)28)14-22(30-31)25-24(16-10-12-17(27)13-11-16)19-7-3-5-9-21(19)29-26(25)33/h2-13,23H,14H2,1H3,(H,29,33)/t23-/m1/s1. The minimum atomic E-state index is -0.636. The number of hydrogen-bond acceptors (Lipinski definition) is 3. The zero-order chi connectivity index (χ0) is 23.1. The summed E-state index contributed by atoms with van der Waals surface area (Å²) in [7, 11) is 0. The predicted octanol–water partition coefficient (Wildman–Crippen LogP) is 5.69. The Kier molecular flexibility index (Phi) is 5.30. The van der Waals surface area contributed by atoms with Crippen LogP contribution in [0.3, 0.4) is 0 Å². The van der Waals surface area contributed by atoms with E-state index in [1.54, 1.807) is 30.3 Å². The van der Waals surface area contributed by atoms with Crippen LogP contribution in [0.15, 0.2) is 82.7 Å². The van der Waals surface area contributed by atoms with E-state index in [0.29, 0.717) is 32.9 Å². The Balaban J connectivity index is 1.74. The Morgan fingerprint density at radius 3 is 2.45 bits per heavy atom. The summed E-state index contributed by atoms with van der Waals surface area (Å²) in [6, 6.07) is 20.4. The maximum absolute atomic E-state index is 14.6. The van der Waals surface area contributed by atoms with Crippen LogP contribution in [-0.2, 0) is 4.79 Å². The Bertz CT molecular complexity index is 1480. The number of fused-ring (bicyclic) bond motifs is 1. The van der Waals surface area contributed by atoms with E-state index in [9.17, 15) is 14.0 Å². The van der Waals surface area contributed by atoms with Crippen LogP contribution in [0.5, 0.6) is 0 Å². The molecule has 1 aromatic heterocycles. The van der Waals surface area contributed by atoms with Gasteiger partial charge in [0.05, 0.1) is 17.3 Å². The Morgan fingerprint density at radius 1 is 1.03 bits per heavy atom. The van der Waals surface area contributed by atoms with Gasteiger partial charge in [-0.1, -0.05) is 60.1 Å². The molecule has 2 heterocycles. The predicted molar refractivity (Wildman–Crippen MR) is 128 cm³/mol. The molecule has 1 aliphatic rings. The van der Waals surface area contributed by atoms with Crippen LogP contribution >= 0.6 is 11.6 Å². The van der Waals surface area contributed by atoms with Crippen molar-refractivity contribution in [3.05, 3.63) is 105 Å². The number of H-pyrrole nitrogens is 1. The largest absolute Gasteiger partial charge is 0.321 e. The van der Waals surface area contributed by atoms with Crippen molar-refractivity contribution in [1.82, 2.24) is 9.99 Å². The number of aromatic nitrogens is 1. The van der Waals surface area contributed by atoms with E-state index < -0.39 is 11.9 Å². The first-order valence-electron chi connectivity index (χ1n) is 10.5. The SMILES string of the molecule is CC(=O)N1N=C(c2c(-c3ccc(Cl)cc3)c3ccccc3[nH]c2=O)C[C@@H]1c1ccccc1F. The van der Waals surface area contributed by atoms with Crippen molar-refractivity contribution in [2.75, 3.05) is 0 Å². The van der Waals surface area contributed by atoms with Crippen molar-refractivity contribution >= 4 is 34.1 Å². The summed E-state index contributed by atoms with van der Waals surface area (Å²) in [6.45, 7) is 1.38. The summed E-state index contributed by atoms with van der Waals surface area (Å²) in [4.78, 5) is 28.7. The molecule has 5 rings (SSSR count). The van der Waals surface area contributed by atoms with Gasteiger partial charge in [-0.05, 0) is 29.8 Å². The van der Waals surface area contributed by atoms with Gasteiger partial charge >= 0.3 is 0 Å². The average molecular weight is 460 g/mol. The highest BCUT2D eigenvalue weighted by molar-refractivity contribution is 6.30. The van der Waals surface area contributed by atoms with Gasteiger partial charge in [0.15, 0.2) is 0 Å². The third-order valence-electron chi connectivity index (χ3n) is 5.84. The lowest BCUT2D eigenvalue weighted by Crippen LogP contribution is -2.25. The van der Waals surface area contributed by atoms with Crippen molar-refractivity contribution in [2.24, 2.45) is 5.10 Å². The Hall–Kier alpha value is -3.77. The molecule has 164 valence electrons. The molecule has 0 spiro atoms. The number of hydrogen-bond donors (Lipinski definition) is 1. The van der Waals surface area contributed by atoms with Gasteiger partial charge in [-0.3, -0.25) is 9.59 Å². The van der Waals surface area contributed by atoms with E-state index in [1.165, 1.54) is 18.0 Å². The lowest BCUT2D eigenvalue weighted by molar-refractivity contribution is -0.130. The van der Waals surface area contributed by atoms with Gasteiger partial charge in [-0.25, -0.2) is 9.40 Å². The van der Waals surface area contributed by atoms with Gasteiger partial charge in [0, 0.05) is 40.4 Å². The molecule has 5 nitrogen and oxygen atoms in total. The van der Waals surface area contributed by atoms with Crippen LogP contribution in [0, 0.1) is 5.82 Å². The molecule has 1 amide bonds. The van der Waals surface area contributed by atoms with Crippen molar-refractivity contribution < 1.29 is 9.18 Å². The highest BCUT2D eigenvalue weighted by atomic mass is 35.5. The van der Waals surface area contributed by atoms with E-state index >= 15 is 0 Å². The quantitative estimate of drug-likeness (QED) is 0.428. The first-order chi connectivity index (χ1) is 15.9. The summed E-state index contributed by atoms with van der Waals surface area (Å²) >= 11 is 6.10. The number of benzene rings is 3. The topological polar surface area (TPSA) is 65.5 Å². The first-order valence-corrected chi connectivity index (χ1v) is 10.8. The van der Waals surface area contributed by atoms with Crippen molar-refractivity contribution in [3.8, 4) is 11.1 Å². The molecule has 3 aromatic carbocycles. The number of halogens is 2. The second-order valence-electron chi connectivity index (χ2n) is 7.91. The molecule has 0 saturated heterocycles. The molecule has 1 N–H and O–H groups in total. The molecular formula is C26H19ClFN3O2. The van der Waals surface area contributed by atoms with Gasteiger partial charge in [-0.2, -0.15) is 5.10 Å². The van der Waals surface area contributed by atoms with E-state index in [1.807, 2.05) is 36.4 Å². The van der Waals surface area contributed by atoms with Gasteiger partial charge in [0.2, 0.25) is 5.91 Å². The maximum atomic E-state index is 14.6. The molecule has 1 atom stereocenters. The number of rotatable bonds is 3. The highest BCUT2D eigenvalue weighted by Crippen LogP contribution is 2.37. The first kappa shape index (κ1) is 21.1. The molecule has 1 aliphatic heterocycles. The van der Waals surface area contributed by atoms with Crippen molar-refractivity contribution in [1.29, 1.82) is 0 Å². The number of carbonyl (C=O) groups is 1.